The van der Waals surface area contributed by atoms with Gasteiger partial charge in [-0.2, -0.15) is 0 Å². The molecule has 2 rings (SSSR count). The highest BCUT2D eigenvalue weighted by Crippen LogP contribution is 2.20. The van der Waals surface area contributed by atoms with Crippen molar-refractivity contribution in [2.75, 3.05) is 0 Å². The lowest BCUT2D eigenvalue weighted by molar-refractivity contribution is -0.120. The number of carbonyl (C=O) groups is 2. The van der Waals surface area contributed by atoms with Crippen LogP contribution in [0.25, 0.3) is 11.1 Å². The third-order valence-corrected chi connectivity index (χ3v) is 6.49. The molecule has 0 aliphatic carbocycles. The largest absolute Gasteiger partial charge is 0.292 e. The van der Waals surface area contributed by atoms with E-state index in [-0.39, 0.29) is 11.8 Å². The van der Waals surface area contributed by atoms with Crippen LogP contribution in [-0.2, 0) is 4.79 Å². The van der Waals surface area contributed by atoms with Crippen LogP contribution in [0.1, 0.15) is 120 Å². The lowest BCUT2D eigenvalue weighted by Crippen LogP contribution is -2.30. The Morgan fingerprint density at radius 1 is 0.588 bits per heavy atom. The maximum Gasteiger partial charge on any atom is 0.257 e. The first kappa shape index (κ1) is 27.8. The summed E-state index contributed by atoms with van der Waals surface area (Å²) < 4.78 is 0. The van der Waals surface area contributed by atoms with E-state index < -0.39 is 0 Å². The first-order chi connectivity index (χ1) is 16.7. The van der Waals surface area contributed by atoms with Crippen molar-refractivity contribution in [2.24, 2.45) is 0 Å². The summed E-state index contributed by atoms with van der Waals surface area (Å²) in [5, 5.41) is 2.55. The number of hydrogen-bond acceptors (Lipinski definition) is 2. The zero-order valence-corrected chi connectivity index (χ0v) is 21.3. The molecule has 186 valence electrons. The van der Waals surface area contributed by atoms with Gasteiger partial charge in [-0.1, -0.05) is 139 Å². The predicted molar refractivity (Wildman–Crippen MR) is 144 cm³/mol. The Kier molecular flexibility index (Phi) is 14.7. The quantitative estimate of drug-likeness (QED) is 0.224. The first-order valence-corrected chi connectivity index (χ1v) is 13.7. The van der Waals surface area contributed by atoms with Crippen molar-refractivity contribution in [3.8, 4) is 11.1 Å². The molecule has 3 nitrogen and oxygen atoms in total. The summed E-state index contributed by atoms with van der Waals surface area (Å²) in [5.41, 5.74) is 2.55. The van der Waals surface area contributed by atoms with E-state index in [9.17, 15) is 9.59 Å². The lowest BCUT2D eigenvalue weighted by Gasteiger charge is -2.07. The SMILES string of the molecule is CCCCCCCCCCCCCCCCCC(=O)NC(=O)c1cccc(-c2ccccc2)c1. The van der Waals surface area contributed by atoms with Gasteiger partial charge in [-0.15, -0.1) is 0 Å². The summed E-state index contributed by atoms with van der Waals surface area (Å²) in [5.74, 6) is -0.492. The maximum atomic E-state index is 12.5. The van der Waals surface area contributed by atoms with E-state index >= 15 is 0 Å². The summed E-state index contributed by atoms with van der Waals surface area (Å²) in [4.78, 5) is 24.7. The molecule has 34 heavy (non-hydrogen) atoms. The Morgan fingerprint density at radius 2 is 1.09 bits per heavy atom. The normalized spacial score (nSPS) is 10.9. The molecule has 0 spiro atoms. The molecule has 0 saturated heterocycles. The van der Waals surface area contributed by atoms with E-state index in [0.717, 1.165) is 24.0 Å². The molecule has 2 aromatic rings. The van der Waals surface area contributed by atoms with E-state index in [0.29, 0.717) is 12.0 Å². The maximum absolute atomic E-state index is 12.5. The highest BCUT2D eigenvalue weighted by atomic mass is 16.2. The zero-order chi connectivity index (χ0) is 24.3. The monoisotopic (exact) mass is 463 g/mol. The molecule has 2 aromatic carbocycles. The molecule has 0 aliphatic heterocycles. The van der Waals surface area contributed by atoms with Gasteiger partial charge in [0.2, 0.25) is 5.91 Å². The van der Waals surface area contributed by atoms with Crippen LogP contribution < -0.4 is 5.32 Å². The van der Waals surface area contributed by atoms with Crippen molar-refractivity contribution in [2.45, 2.75) is 110 Å². The number of carbonyl (C=O) groups excluding carboxylic acids is 2. The van der Waals surface area contributed by atoms with Gasteiger partial charge < -0.3 is 0 Å². The molecule has 0 saturated carbocycles. The van der Waals surface area contributed by atoms with Crippen LogP contribution in [0.15, 0.2) is 54.6 Å². The number of rotatable bonds is 18. The van der Waals surface area contributed by atoms with E-state index in [1.165, 1.54) is 83.5 Å². The minimum absolute atomic E-state index is 0.176. The molecule has 0 unspecified atom stereocenters. The summed E-state index contributed by atoms with van der Waals surface area (Å²) in [7, 11) is 0. The van der Waals surface area contributed by atoms with Gasteiger partial charge in [0, 0.05) is 12.0 Å². The molecule has 0 aromatic heterocycles. The summed E-state index contributed by atoms with van der Waals surface area (Å²) >= 11 is 0. The van der Waals surface area contributed by atoms with Crippen molar-refractivity contribution in [1.29, 1.82) is 0 Å². The molecule has 3 heteroatoms. The van der Waals surface area contributed by atoms with Crippen molar-refractivity contribution < 1.29 is 9.59 Å². The van der Waals surface area contributed by atoms with Crippen LogP contribution in [0.2, 0.25) is 0 Å². The minimum Gasteiger partial charge on any atom is -0.292 e. The molecule has 0 heterocycles. The van der Waals surface area contributed by atoms with E-state index in [2.05, 4.69) is 12.2 Å². The molecule has 2 amide bonds. The number of nitrogens with one attached hydrogen (secondary N) is 1. The standard InChI is InChI=1S/C31H45NO2/c1-2-3-4-5-6-7-8-9-10-11-12-13-14-15-19-25-30(33)32-31(34)29-24-20-23-28(26-29)27-21-17-16-18-22-27/h16-18,20-24,26H,2-15,19,25H2,1H3,(H,32,33,34). The Morgan fingerprint density at radius 3 is 1.65 bits per heavy atom. The Hall–Kier alpha value is -2.42. The molecule has 1 N–H and O–H groups in total. The van der Waals surface area contributed by atoms with Gasteiger partial charge in [0.05, 0.1) is 0 Å². The Labute approximate surface area is 207 Å². The Balaban J connectivity index is 1.47. The minimum atomic E-state index is -0.316. The molecular weight excluding hydrogens is 418 g/mol. The molecule has 0 atom stereocenters. The fourth-order valence-electron chi connectivity index (χ4n) is 4.39. The van der Waals surface area contributed by atoms with Gasteiger partial charge in [-0.25, -0.2) is 0 Å². The zero-order valence-electron chi connectivity index (χ0n) is 21.3. The van der Waals surface area contributed by atoms with E-state index in [1.807, 2.05) is 48.5 Å². The third kappa shape index (κ3) is 12.2. The number of amides is 2. The first-order valence-electron chi connectivity index (χ1n) is 13.7. The van der Waals surface area contributed by atoms with E-state index in [4.69, 9.17) is 0 Å². The third-order valence-electron chi connectivity index (χ3n) is 6.49. The van der Waals surface area contributed by atoms with Gasteiger partial charge in [-0.3, -0.25) is 14.9 Å². The van der Waals surface area contributed by atoms with Crippen molar-refractivity contribution in [3.63, 3.8) is 0 Å². The number of hydrogen-bond donors (Lipinski definition) is 1. The second-order valence-electron chi connectivity index (χ2n) is 9.52. The summed E-state index contributed by atoms with van der Waals surface area (Å²) in [6.07, 6.45) is 19.9. The van der Waals surface area contributed by atoms with Gasteiger partial charge in [0.1, 0.15) is 0 Å². The predicted octanol–water partition coefficient (Wildman–Crippen LogP) is 8.87. The molecular formula is C31H45NO2. The van der Waals surface area contributed by atoms with Crippen molar-refractivity contribution >= 4 is 11.8 Å². The second-order valence-corrected chi connectivity index (χ2v) is 9.52. The van der Waals surface area contributed by atoms with Gasteiger partial charge in [-0.05, 0) is 29.7 Å². The molecule has 0 radical (unpaired) electrons. The Bertz CT molecular complexity index is 815. The molecule has 0 fully saturated rings. The fourth-order valence-corrected chi connectivity index (χ4v) is 4.39. The van der Waals surface area contributed by atoms with Crippen LogP contribution in [0.5, 0.6) is 0 Å². The molecule has 0 bridgehead atoms. The van der Waals surface area contributed by atoms with Gasteiger partial charge in [0.15, 0.2) is 0 Å². The van der Waals surface area contributed by atoms with Crippen LogP contribution >= 0.6 is 0 Å². The van der Waals surface area contributed by atoms with Crippen LogP contribution in [0.3, 0.4) is 0 Å². The van der Waals surface area contributed by atoms with Gasteiger partial charge in [0.25, 0.3) is 5.91 Å². The van der Waals surface area contributed by atoms with Crippen LogP contribution in [0.4, 0.5) is 0 Å². The van der Waals surface area contributed by atoms with Crippen LogP contribution in [-0.4, -0.2) is 11.8 Å². The van der Waals surface area contributed by atoms with Crippen molar-refractivity contribution in [1.82, 2.24) is 5.32 Å². The summed E-state index contributed by atoms with van der Waals surface area (Å²) in [6.45, 7) is 2.27. The number of imide groups is 1. The highest BCUT2D eigenvalue weighted by molar-refractivity contribution is 6.05. The lowest BCUT2D eigenvalue weighted by atomic mass is 10.0. The van der Waals surface area contributed by atoms with E-state index in [1.54, 1.807) is 6.07 Å². The van der Waals surface area contributed by atoms with Crippen molar-refractivity contribution in [3.05, 3.63) is 60.2 Å². The summed E-state index contributed by atoms with van der Waals surface area (Å²) in [6, 6.07) is 17.4. The fraction of sp³-hybridized carbons (Fsp3) is 0.548. The van der Waals surface area contributed by atoms with Crippen LogP contribution in [0, 0.1) is 0 Å². The number of unbranched alkanes of at least 4 members (excludes halogenated alkanes) is 14. The molecule has 0 aliphatic rings. The smallest absolute Gasteiger partial charge is 0.257 e. The second kappa shape index (κ2) is 18.0. The number of benzene rings is 2. The van der Waals surface area contributed by atoms with Gasteiger partial charge >= 0.3 is 0 Å². The topological polar surface area (TPSA) is 46.2 Å². The average Bonchev–Trinajstić information content (AvgIpc) is 2.87. The average molecular weight is 464 g/mol. The highest BCUT2D eigenvalue weighted by Gasteiger charge is 2.11.